The molecule has 0 amide bonds. The maximum absolute atomic E-state index is 6.02. The molecule has 0 aliphatic heterocycles. The van der Waals surface area contributed by atoms with E-state index in [4.69, 9.17) is 23.8 Å². The van der Waals surface area contributed by atoms with Crippen molar-refractivity contribution in [2.45, 2.75) is 39.2 Å². The predicted molar refractivity (Wildman–Crippen MR) is 78.7 cm³/mol. The molecule has 1 fully saturated rings. The third kappa shape index (κ3) is 1.90. The van der Waals surface area contributed by atoms with Crippen LogP contribution in [0.4, 0.5) is 0 Å². The molecule has 96 valence electrons. The van der Waals surface area contributed by atoms with Crippen LogP contribution in [0.5, 0.6) is 0 Å². The number of rotatable bonds is 3. The molecule has 1 heterocycles. The van der Waals surface area contributed by atoms with Crippen LogP contribution in [-0.4, -0.2) is 9.55 Å². The van der Waals surface area contributed by atoms with Gasteiger partial charge in [0.25, 0.3) is 0 Å². The van der Waals surface area contributed by atoms with Crippen LogP contribution in [0.15, 0.2) is 18.2 Å². The lowest BCUT2D eigenvalue weighted by molar-refractivity contribution is 0.101. The molecule has 4 heteroatoms. The number of hydrogen-bond donors (Lipinski definition) is 1. The Morgan fingerprint density at radius 1 is 1.44 bits per heavy atom. The first-order valence-corrected chi connectivity index (χ1v) is 7.30. The molecule has 0 saturated heterocycles. The molecule has 1 aliphatic rings. The molecule has 1 saturated carbocycles. The Hall–Kier alpha value is -0.800. The smallest absolute Gasteiger partial charge is 0.178 e. The Kier molecular flexibility index (Phi) is 2.99. The molecule has 18 heavy (non-hydrogen) atoms. The van der Waals surface area contributed by atoms with Crippen molar-refractivity contribution < 1.29 is 0 Å². The summed E-state index contributed by atoms with van der Waals surface area (Å²) in [4.78, 5) is 3.26. The van der Waals surface area contributed by atoms with Crippen molar-refractivity contribution in [3.63, 3.8) is 0 Å². The molecule has 0 atom stereocenters. The van der Waals surface area contributed by atoms with E-state index < -0.39 is 0 Å². The van der Waals surface area contributed by atoms with Gasteiger partial charge in [-0.15, -0.1) is 0 Å². The minimum atomic E-state index is 0.465. The molecule has 0 radical (unpaired) electrons. The quantitative estimate of drug-likeness (QED) is 0.791. The van der Waals surface area contributed by atoms with Crippen molar-refractivity contribution in [1.29, 1.82) is 0 Å². The van der Waals surface area contributed by atoms with E-state index in [1.54, 1.807) is 0 Å². The van der Waals surface area contributed by atoms with Crippen molar-refractivity contribution in [2.75, 3.05) is 0 Å². The van der Waals surface area contributed by atoms with E-state index in [1.807, 2.05) is 12.1 Å². The monoisotopic (exact) mass is 280 g/mol. The van der Waals surface area contributed by atoms with Crippen molar-refractivity contribution in [3.8, 4) is 0 Å². The SMILES string of the molecule is CCC1(Cn2c(=S)[nH]c3cc(Cl)ccc32)CCC1. The summed E-state index contributed by atoms with van der Waals surface area (Å²) in [5.41, 5.74) is 2.68. The summed E-state index contributed by atoms with van der Waals surface area (Å²) >= 11 is 11.5. The van der Waals surface area contributed by atoms with Crippen LogP contribution in [0.2, 0.25) is 5.02 Å². The maximum atomic E-state index is 6.02. The fourth-order valence-corrected chi connectivity index (χ4v) is 3.37. The van der Waals surface area contributed by atoms with Crippen molar-refractivity contribution >= 4 is 34.9 Å². The van der Waals surface area contributed by atoms with Gasteiger partial charge in [0.05, 0.1) is 11.0 Å². The Labute approximate surface area is 117 Å². The molecule has 1 aromatic heterocycles. The standard InChI is InChI=1S/C14H17ClN2S/c1-2-14(6-3-7-14)9-17-12-5-4-10(15)8-11(12)16-13(17)18/h4-5,8H,2-3,6-7,9H2,1H3,(H,16,18). The molecular weight excluding hydrogens is 264 g/mol. The predicted octanol–water partition coefficient (Wildman–Crippen LogP) is 4.93. The summed E-state index contributed by atoms with van der Waals surface area (Å²) in [5.74, 6) is 0. The topological polar surface area (TPSA) is 20.7 Å². The second kappa shape index (κ2) is 4.39. The summed E-state index contributed by atoms with van der Waals surface area (Å²) in [6.45, 7) is 3.32. The lowest BCUT2D eigenvalue weighted by Crippen LogP contribution is -2.33. The van der Waals surface area contributed by atoms with E-state index in [2.05, 4.69) is 22.5 Å². The first kappa shape index (κ1) is 12.2. The Morgan fingerprint density at radius 3 is 2.83 bits per heavy atom. The van der Waals surface area contributed by atoms with E-state index >= 15 is 0 Å². The molecule has 2 aromatic rings. The number of aromatic amines is 1. The number of imidazole rings is 1. The number of aromatic nitrogens is 2. The molecule has 2 nitrogen and oxygen atoms in total. The van der Waals surface area contributed by atoms with Crippen molar-refractivity contribution in [1.82, 2.24) is 9.55 Å². The molecule has 3 rings (SSSR count). The third-order valence-corrected chi connectivity index (χ3v) is 4.95. The first-order chi connectivity index (χ1) is 8.63. The van der Waals surface area contributed by atoms with Crippen LogP contribution < -0.4 is 0 Å². The first-order valence-electron chi connectivity index (χ1n) is 6.52. The van der Waals surface area contributed by atoms with Gasteiger partial charge in [-0.05, 0) is 55.1 Å². The van der Waals surface area contributed by atoms with Crippen LogP contribution in [-0.2, 0) is 6.54 Å². The molecule has 0 unspecified atom stereocenters. The van der Waals surface area contributed by atoms with E-state index in [1.165, 1.54) is 31.2 Å². The fraction of sp³-hybridized carbons (Fsp3) is 0.500. The van der Waals surface area contributed by atoms with Gasteiger partial charge in [-0.2, -0.15) is 0 Å². The lowest BCUT2D eigenvalue weighted by Gasteiger charge is -2.41. The lowest BCUT2D eigenvalue weighted by atomic mass is 9.67. The largest absolute Gasteiger partial charge is 0.331 e. The number of benzene rings is 1. The highest BCUT2D eigenvalue weighted by Gasteiger charge is 2.35. The van der Waals surface area contributed by atoms with Crippen LogP contribution in [0.3, 0.4) is 0 Å². The molecule has 0 spiro atoms. The van der Waals surface area contributed by atoms with E-state index in [9.17, 15) is 0 Å². The normalized spacial score (nSPS) is 17.9. The second-order valence-corrected chi connectivity index (χ2v) is 6.21. The average molecular weight is 281 g/mol. The molecular formula is C14H17ClN2S. The number of nitrogens with one attached hydrogen (secondary N) is 1. The highest BCUT2D eigenvalue weighted by atomic mass is 35.5. The average Bonchev–Trinajstić information content (AvgIpc) is 2.59. The number of fused-ring (bicyclic) bond motifs is 1. The van der Waals surface area contributed by atoms with Gasteiger partial charge in [0.1, 0.15) is 0 Å². The highest BCUT2D eigenvalue weighted by Crippen LogP contribution is 2.45. The number of hydrogen-bond acceptors (Lipinski definition) is 1. The molecule has 0 bridgehead atoms. The van der Waals surface area contributed by atoms with E-state index in [-0.39, 0.29) is 0 Å². The van der Waals surface area contributed by atoms with Gasteiger partial charge in [-0.25, -0.2) is 0 Å². The summed E-state index contributed by atoms with van der Waals surface area (Å²) in [6.07, 6.45) is 5.24. The summed E-state index contributed by atoms with van der Waals surface area (Å²) < 4.78 is 3.05. The zero-order chi connectivity index (χ0) is 12.8. The van der Waals surface area contributed by atoms with Crippen molar-refractivity contribution in [2.24, 2.45) is 5.41 Å². The summed E-state index contributed by atoms with van der Waals surface area (Å²) in [5, 5.41) is 0.750. The van der Waals surface area contributed by atoms with Crippen LogP contribution in [0, 0.1) is 10.2 Å². The fourth-order valence-electron chi connectivity index (χ4n) is 2.93. The maximum Gasteiger partial charge on any atom is 0.178 e. The highest BCUT2D eigenvalue weighted by molar-refractivity contribution is 7.71. The minimum absolute atomic E-state index is 0.465. The van der Waals surface area contributed by atoms with Gasteiger partial charge in [0, 0.05) is 11.6 Å². The van der Waals surface area contributed by atoms with E-state index in [0.29, 0.717) is 5.41 Å². The molecule has 1 aromatic carbocycles. The Morgan fingerprint density at radius 2 is 2.22 bits per heavy atom. The number of H-pyrrole nitrogens is 1. The van der Waals surface area contributed by atoms with Crippen molar-refractivity contribution in [3.05, 3.63) is 28.0 Å². The third-order valence-electron chi connectivity index (χ3n) is 4.39. The number of halogens is 1. The van der Waals surface area contributed by atoms with Crippen LogP contribution in [0.1, 0.15) is 32.6 Å². The zero-order valence-corrected chi connectivity index (χ0v) is 12.1. The Balaban J connectivity index is 2.06. The van der Waals surface area contributed by atoms with Crippen LogP contribution in [0.25, 0.3) is 11.0 Å². The van der Waals surface area contributed by atoms with Gasteiger partial charge in [-0.1, -0.05) is 24.9 Å². The van der Waals surface area contributed by atoms with Gasteiger partial charge < -0.3 is 9.55 Å². The van der Waals surface area contributed by atoms with Gasteiger partial charge in [0.2, 0.25) is 0 Å². The zero-order valence-electron chi connectivity index (χ0n) is 10.5. The minimum Gasteiger partial charge on any atom is -0.331 e. The van der Waals surface area contributed by atoms with Crippen LogP contribution >= 0.6 is 23.8 Å². The van der Waals surface area contributed by atoms with E-state index in [0.717, 1.165) is 21.9 Å². The number of nitrogens with zero attached hydrogens (tertiary/aromatic N) is 1. The molecule has 1 aliphatic carbocycles. The van der Waals surface area contributed by atoms with Gasteiger partial charge in [-0.3, -0.25) is 0 Å². The second-order valence-electron chi connectivity index (χ2n) is 5.38. The van der Waals surface area contributed by atoms with Gasteiger partial charge in [0.15, 0.2) is 4.77 Å². The Bertz CT molecular complexity index is 631. The summed E-state index contributed by atoms with van der Waals surface area (Å²) in [7, 11) is 0. The summed E-state index contributed by atoms with van der Waals surface area (Å²) in [6, 6.07) is 5.94. The molecule has 1 N–H and O–H groups in total. The van der Waals surface area contributed by atoms with Gasteiger partial charge >= 0.3 is 0 Å².